The Balaban J connectivity index is 1.46. The first-order valence-corrected chi connectivity index (χ1v) is 22.4. The fourth-order valence-electron chi connectivity index (χ4n) is 9.63. The average molecular weight is 891 g/mol. The zero-order valence-corrected chi connectivity index (χ0v) is 38.5. The van der Waals surface area contributed by atoms with Gasteiger partial charge in [0.15, 0.2) is 5.75 Å². The summed E-state index contributed by atoms with van der Waals surface area (Å²) in [5.74, 6) is -8.27. The molecule has 350 valence electrons. The Kier molecular flexibility index (Phi) is 15.0. The maximum absolute atomic E-state index is 14.6. The van der Waals surface area contributed by atoms with E-state index in [1.54, 1.807) is 46.8 Å². The van der Waals surface area contributed by atoms with E-state index in [0.29, 0.717) is 19.1 Å². The Morgan fingerprint density at radius 1 is 0.906 bits per heavy atom. The number of fused-ring (bicyclic) bond motifs is 14. The number of hydrazone groups is 1. The van der Waals surface area contributed by atoms with Crippen molar-refractivity contribution in [3.05, 3.63) is 52.8 Å². The highest BCUT2D eigenvalue weighted by Crippen LogP contribution is 2.55. The van der Waals surface area contributed by atoms with E-state index in [1.807, 2.05) is 5.01 Å². The number of likely N-dealkylation sites (tertiary alicyclic amines) is 1. The molecule has 2 saturated heterocycles. The van der Waals surface area contributed by atoms with Gasteiger partial charge in [-0.3, -0.25) is 19.4 Å². The van der Waals surface area contributed by atoms with Crippen LogP contribution < -0.4 is 10.1 Å². The third-order valence-electron chi connectivity index (χ3n) is 13.7. The van der Waals surface area contributed by atoms with Crippen LogP contribution in [0.15, 0.2) is 41.2 Å². The van der Waals surface area contributed by atoms with Crippen molar-refractivity contribution in [2.45, 2.75) is 124 Å². The Hall–Kier alpha value is -5.16. The van der Waals surface area contributed by atoms with E-state index in [4.69, 9.17) is 24.0 Å². The number of Topliss-reactive ketones (excluding diaryl/α,β-unsaturated/α-hetero) is 1. The lowest BCUT2D eigenvalue weighted by atomic mass is 9.78. The normalized spacial score (nSPS) is 32.2. The third-order valence-corrected chi connectivity index (χ3v) is 13.7. The molecule has 64 heavy (non-hydrogen) atoms. The van der Waals surface area contributed by atoms with Crippen molar-refractivity contribution in [3.63, 3.8) is 0 Å². The molecule has 0 unspecified atom stereocenters. The van der Waals surface area contributed by atoms with Crippen molar-refractivity contribution in [2.24, 2.45) is 28.8 Å². The molecule has 0 spiro atoms. The summed E-state index contributed by atoms with van der Waals surface area (Å²) in [4.78, 5) is 43.4. The van der Waals surface area contributed by atoms with Crippen LogP contribution in [-0.4, -0.2) is 129 Å². The molecule has 6 N–H and O–H groups in total. The summed E-state index contributed by atoms with van der Waals surface area (Å²) in [6.45, 7) is 16.0. The zero-order valence-electron chi connectivity index (χ0n) is 38.5. The van der Waals surface area contributed by atoms with Crippen LogP contribution >= 0.6 is 0 Å². The summed E-state index contributed by atoms with van der Waals surface area (Å²) in [5, 5.41) is 67.7. The largest absolute Gasteiger partial charge is 0.507 e. The van der Waals surface area contributed by atoms with Crippen molar-refractivity contribution >= 4 is 40.3 Å². The molecule has 5 bridgehead atoms. The summed E-state index contributed by atoms with van der Waals surface area (Å²) in [6, 6.07) is 0.442. The molecule has 7 rings (SSSR count). The fraction of sp³-hybridized carbons (Fsp3) is 0.583. The number of aliphatic hydroxyl groups is 2. The van der Waals surface area contributed by atoms with Gasteiger partial charge in [0.2, 0.25) is 0 Å². The van der Waals surface area contributed by atoms with Gasteiger partial charge in [-0.2, -0.15) is 5.10 Å². The lowest BCUT2D eigenvalue weighted by Crippen LogP contribution is -2.46. The summed E-state index contributed by atoms with van der Waals surface area (Å²) in [7, 11) is 1.44. The average Bonchev–Trinajstić information content (AvgIpc) is 3.54. The van der Waals surface area contributed by atoms with Crippen LogP contribution in [0.3, 0.4) is 0 Å². The van der Waals surface area contributed by atoms with Crippen molar-refractivity contribution in [2.75, 3.05) is 38.6 Å². The van der Waals surface area contributed by atoms with Crippen molar-refractivity contribution in [3.8, 4) is 23.0 Å². The van der Waals surface area contributed by atoms with Gasteiger partial charge in [0.05, 0.1) is 53.0 Å². The number of aromatic hydroxyl groups is 3. The van der Waals surface area contributed by atoms with Gasteiger partial charge in [0, 0.05) is 80.3 Å². The number of benzene rings is 2. The topological polar surface area (TPSA) is 220 Å². The van der Waals surface area contributed by atoms with Crippen LogP contribution in [0.5, 0.6) is 23.0 Å². The number of amides is 1. The van der Waals surface area contributed by atoms with Crippen molar-refractivity contribution in [1.29, 1.82) is 0 Å². The molecular weight excluding hydrogens is 825 g/mol. The Labute approximate surface area is 375 Å². The Morgan fingerprint density at radius 2 is 1.58 bits per heavy atom. The first kappa shape index (κ1) is 48.3. The van der Waals surface area contributed by atoms with Gasteiger partial charge in [0.25, 0.3) is 11.7 Å². The van der Waals surface area contributed by atoms with Crippen molar-refractivity contribution < 1.29 is 58.9 Å². The maximum atomic E-state index is 14.6. The predicted octanol–water partition coefficient (Wildman–Crippen LogP) is 6.04. The second kappa shape index (κ2) is 19.9. The van der Waals surface area contributed by atoms with Gasteiger partial charge in [-0.1, -0.05) is 52.3 Å². The fourth-order valence-corrected chi connectivity index (χ4v) is 9.63. The molecule has 16 nitrogen and oxygen atoms in total. The van der Waals surface area contributed by atoms with E-state index in [-0.39, 0.29) is 44.5 Å². The molecule has 1 amide bonds. The van der Waals surface area contributed by atoms with E-state index >= 15 is 0 Å². The van der Waals surface area contributed by atoms with Gasteiger partial charge in [-0.05, 0) is 58.7 Å². The highest BCUT2D eigenvalue weighted by Gasteiger charge is 2.50. The SMILES string of the molecule is CO[C@H]1/C=C/O[C@@]2(C)Oc3c(C)c(O)c4c(O)c(c(/C=N/N5CCC(N6CCCCC6)CC5)c(O)c4c3C2=O)NC(=O)/C(C)=C/C=C/[C@H](C)[C@H](O)[C@@H](C)[C@@H](O)[C@@H](C)[C@H](OC(C)=O)[C@@H]1C. The number of ether oxygens (including phenoxy) is 4. The maximum Gasteiger partial charge on any atom is 0.312 e. The van der Waals surface area contributed by atoms with Gasteiger partial charge in [0.1, 0.15) is 23.4 Å². The molecule has 16 heteroatoms. The lowest BCUT2D eigenvalue weighted by molar-refractivity contribution is -0.160. The second-order valence-electron chi connectivity index (χ2n) is 18.1. The van der Waals surface area contributed by atoms with Gasteiger partial charge in [-0.15, -0.1) is 0 Å². The number of carbonyl (C=O) groups is 3. The minimum atomic E-state index is -2.04. The Bertz CT molecular complexity index is 2210. The number of hydrogen-bond donors (Lipinski definition) is 6. The number of methoxy groups -OCH3 is 1. The number of phenolic OH excluding ortho intramolecular Hbond substituents is 3. The molecular formula is C48H66N4O12. The Morgan fingerprint density at radius 3 is 2.22 bits per heavy atom. The van der Waals surface area contributed by atoms with Crippen molar-refractivity contribution in [1.82, 2.24) is 9.91 Å². The van der Waals surface area contributed by atoms with Crippen LogP contribution in [0.4, 0.5) is 5.69 Å². The summed E-state index contributed by atoms with van der Waals surface area (Å²) in [5.41, 5.74) is -0.280. The number of ketones is 1. The second-order valence-corrected chi connectivity index (χ2v) is 18.1. The van der Waals surface area contributed by atoms with Crippen LogP contribution in [0.25, 0.3) is 10.8 Å². The highest BCUT2D eigenvalue weighted by atomic mass is 16.7. The molecule has 9 atom stereocenters. The number of nitrogens with one attached hydrogen (secondary N) is 1. The van der Waals surface area contributed by atoms with E-state index < -0.39 is 88.8 Å². The quantitative estimate of drug-likeness (QED) is 0.0873. The van der Waals surface area contributed by atoms with E-state index in [1.165, 1.54) is 71.8 Å². The number of rotatable bonds is 5. The number of nitrogens with zero attached hydrogens (tertiary/aromatic N) is 3. The van der Waals surface area contributed by atoms with Crippen LogP contribution in [0.1, 0.15) is 102 Å². The number of allylic oxidation sites excluding steroid dienone is 2. The predicted molar refractivity (Wildman–Crippen MR) is 241 cm³/mol. The number of anilines is 1. The first-order chi connectivity index (χ1) is 30.3. The summed E-state index contributed by atoms with van der Waals surface area (Å²) < 4.78 is 23.7. The molecule has 0 saturated carbocycles. The first-order valence-electron chi connectivity index (χ1n) is 22.4. The molecule has 5 aliphatic heterocycles. The highest BCUT2D eigenvalue weighted by molar-refractivity contribution is 6.23. The monoisotopic (exact) mass is 890 g/mol. The molecule has 2 fully saturated rings. The molecule has 0 aromatic heterocycles. The van der Waals surface area contributed by atoms with Crippen LogP contribution in [0, 0.1) is 30.6 Å². The van der Waals surface area contributed by atoms with E-state index in [9.17, 15) is 39.9 Å². The number of carbonyl (C=O) groups excluding carboxylic acids is 3. The number of aliphatic hydroxyl groups excluding tert-OH is 2. The molecule has 5 aliphatic rings. The van der Waals surface area contributed by atoms with E-state index in [2.05, 4.69) is 10.2 Å². The molecule has 2 aromatic rings. The third kappa shape index (κ3) is 9.60. The number of esters is 1. The number of piperidine rings is 2. The van der Waals surface area contributed by atoms with E-state index in [0.717, 1.165) is 25.9 Å². The minimum Gasteiger partial charge on any atom is -0.507 e. The number of phenols is 3. The molecule has 0 aliphatic carbocycles. The molecule has 5 heterocycles. The summed E-state index contributed by atoms with van der Waals surface area (Å²) in [6.07, 6.45) is 10.4. The van der Waals surface area contributed by atoms with Gasteiger partial charge in [-0.25, -0.2) is 0 Å². The standard InChI is InChI=1S/C48H66N4O12/c1-25-14-13-15-26(2)47(60)50-38-33(24-49-52-21-16-32(17-22-52)51-19-11-10-12-20-51)42(57)35-36(43(38)58)41(56)30(6)45-37(35)46(59)48(8,64-45)62-23-18-34(61-9)27(3)44(63-31(7)53)29(5)40(55)28(4)39(25)54/h13-15,18,23-25,27-29,32,34,39-40,44,54-58H,10-12,16-17,19-22H2,1-9H3,(H,50,60)/b14-13+,23-18+,26-15+,49-24+/t25-,27+,28+,29+,34-,39-,40+,44+,48-/m0/s1. The smallest absolute Gasteiger partial charge is 0.312 e. The summed E-state index contributed by atoms with van der Waals surface area (Å²) >= 11 is 0. The van der Waals surface area contributed by atoms with Crippen LogP contribution in [0.2, 0.25) is 0 Å². The molecule has 0 radical (unpaired) electrons. The van der Waals surface area contributed by atoms with Crippen LogP contribution in [-0.2, 0) is 23.8 Å². The minimum absolute atomic E-state index is 0.0644. The zero-order chi connectivity index (χ0) is 46.8. The molecule has 2 aromatic carbocycles. The van der Waals surface area contributed by atoms with Gasteiger partial charge >= 0.3 is 11.8 Å². The van der Waals surface area contributed by atoms with Gasteiger partial charge < -0.3 is 54.7 Å². The lowest BCUT2D eigenvalue weighted by Gasteiger charge is -2.39. The number of hydrogen-bond acceptors (Lipinski definition) is 15.